The normalized spacial score (nSPS) is 25.3. The molecule has 98 valence electrons. The van der Waals surface area contributed by atoms with Gasteiger partial charge in [0.1, 0.15) is 5.78 Å². The van der Waals surface area contributed by atoms with Crippen molar-refractivity contribution in [1.82, 2.24) is 0 Å². The van der Waals surface area contributed by atoms with E-state index >= 15 is 0 Å². The largest absolute Gasteiger partial charge is 6.00 e. The summed E-state index contributed by atoms with van der Waals surface area (Å²) < 4.78 is 15.0. The first kappa shape index (κ1) is 20.3. The molecule has 0 aromatic heterocycles. The van der Waals surface area contributed by atoms with Gasteiger partial charge in [-0.05, 0) is 5.92 Å². The molecular weight excluding hydrogens is 284 g/mol. The van der Waals surface area contributed by atoms with Gasteiger partial charge in [-0.15, -0.1) is 0 Å². The predicted molar refractivity (Wildman–Crippen MR) is 60.0 cm³/mol. The van der Waals surface area contributed by atoms with Crippen LogP contribution in [0.5, 0.6) is 0 Å². The van der Waals surface area contributed by atoms with Gasteiger partial charge in [-0.25, -0.2) is 0 Å². The van der Waals surface area contributed by atoms with E-state index in [9.17, 15) is 4.79 Å². The molecule has 0 spiro atoms. The van der Waals surface area contributed by atoms with Crippen LogP contribution in [0, 0.1) is 55.8 Å². The molecule has 3 rings (SSSR count). The summed E-state index contributed by atoms with van der Waals surface area (Å²) in [6.07, 6.45) is 4.20. The number of Topliss-reactive ketones (excluding diaryl/α,β-unsaturated/α-hetero) is 1. The first-order valence-electron chi connectivity index (χ1n) is 5.33. The minimum absolute atomic E-state index is 0. The van der Waals surface area contributed by atoms with Crippen LogP contribution in [-0.2, 0) is 31.2 Å². The molecule has 2 aliphatic carbocycles. The maximum absolute atomic E-state index is 11.1. The molecule has 3 nitrogen and oxygen atoms in total. The molecule has 2 fully saturated rings. The van der Waals surface area contributed by atoms with E-state index in [-0.39, 0.29) is 22.5 Å². The molecule has 0 saturated heterocycles. The van der Waals surface area contributed by atoms with Crippen LogP contribution in [0.3, 0.4) is 0 Å². The Kier molecular flexibility index (Phi) is 11.7. The summed E-state index contributed by atoms with van der Waals surface area (Å²) in [4.78, 5) is 11.1. The van der Waals surface area contributed by atoms with E-state index in [1.807, 2.05) is 0 Å². The second-order valence-electron chi connectivity index (χ2n) is 4.20. The van der Waals surface area contributed by atoms with Crippen LogP contribution in [-0.4, -0.2) is 5.78 Å². The van der Waals surface area contributed by atoms with Crippen molar-refractivity contribution < 1.29 is 31.2 Å². The Morgan fingerprint density at radius 2 is 1.79 bits per heavy atom. The molecule has 2 saturated carbocycles. The third kappa shape index (κ3) is 6.13. The van der Waals surface area contributed by atoms with Crippen molar-refractivity contribution in [3.05, 3.63) is 50.6 Å². The van der Waals surface area contributed by atoms with Crippen molar-refractivity contribution >= 4 is 5.78 Å². The van der Waals surface area contributed by atoms with E-state index in [4.69, 9.17) is 9.30 Å². The molecule has 2 bridgehead atoms. The maximum atomic E-state index is 11.1. The van der Waals surface area contributed by atoms with E-state index in [1.165, 1.54) is 6.42 Å². The molecule has 4 heteroatoms. The van der Waals surface area contributed by atoms with E-state index in [0.29, 0.717) is 11.7 Å². The average Bonchev–Trinajstić information content (AvgIpc) is 3.12. The maximum Gasteiger partial charge on any atom is 6.00 e. The van der Waals surface area contributed by atoms with Crippen LogP contribution in [0.2, 0.25) is 0 Å². The zero-order valence-corrected chi connectivity index (χ0v) is 11.4. The van der Waals surface area contributed by atoms with Crippen molar-refractivity contribution in [2.45, 2.75) is 25.7 Å². The minimum atomic E-state index is -0.120. The van der Waals surface area contributed by atoms with Gasteiger partial charge in [-0.1, -0.05) is 24.7 Å². The molecule has 1 aromatic rings. The Hall–Kier alpha value is -0.981. The van der Waals surface area contributed by atoms with Gasteiger partial charge in [-0.3, -0.25) is 0 Å². The Morgan fingerprint density at radius 3 is 1.95 bits per heavy atom. The number of hydrogen-bond acceptors (Lipinski definition) is 1. The van der Waals surface area contributed by atoms with Crippen LogP contribution in [0.25, 0.3) is 0 Å². The quantitative estimate of drug-likeness (QED) is 0.411. The van der Waals surface area contributed by atoms with Crippen LogP contribution in [0.15, 0.2) is 6.07 Å². The fraction of sp³-hybridized carbons (Fsp3) is 0.400. The second kappa shape index (κ2) is 10.9. The molecule has 0 aliphatic heterocycles. The van der Waals surface area contributed by atoms with E-state index < -0.39 is 0 Å². The topological polar surface area (TPSA) is 56.9 Å². The van der Waals surface area contributed by atoms with Crippen LogP contribution in [0.1, 0.15) is 25.7 Å². The summed E-state index contributed by atoms with van der Waals surface area (Å²) in [6.45, 7) is 13.0. The third-order valence-corrected chi connectivity index (χ3v) is 3.13. The van der Waals surface area contributed by atoms with Gasteiger partial charge < -0.3 is 42.1 Å². The Morgan fingerprint density at radius 1 is 1.26 bits per heavy atom. The van der Waals surface area contributed by atoms with Crippen LogP contribution >= 0.6 is 0 Å². The summed E-state index contributed by atoms with van der Waals surface area (Å²) in [6, 6.07) is 12.0. The Labute approximate surface area is 125 Å². The molecule has 0 radical (unpaired) electrons. The van der Waals surface area contributed by atoms with Crippen molar-refractivity contribution in [3.8, 4) is 0 Å². The Balaban J connectivity index is 0. The molecule has 19 heavy (non-hydrogen) atoms. The molecule has 0 heterocycles. The summed E-state index contributed by atoms with van der Waals surface area (Å²) >= 11 is 0. The standard InChI is InChI=1S/C8H11O.C5H.2CO.Fe/c1-8-3-2-6(5-8)4-7(8)9;1-2-4-5-3-1;2*1-2;/h6H,1-5H2;1H;;;/q-1;-5;;;+6. The minimum Gasteiger partial charge on any atom is -0.999 e. The fourth-order valence-corrected chi connectivity index (χ4v) is 2.32. The monoisotopic (exact) mass is 296 g/mol. The molecule has 0 N–H and O–H groups in total. The van der Waals surface area contributed by atoms with Crippen molar-refractivity contribution in [1.29, 1.82) is 0 Å². The van der Waals surface area contributed by atoms with Crippen LogP contribution in [0.4, 0.5) is 0 Å². The van der Waals surface area contributed by atoms with Gasteiger partial charge in [0.2, 0.25) is 0 Å². The molecule has 2 atom stereocenters. The molecule has 2 unspecified atom stereocenters. The summed E-state index contributed by atoms with van der Waals surface area (Å²) in [5, 5.41) is 0. The fourth-order valence-electron chi connectivity index (χ4n) is 2.32. The third-order valence-electron chi connectivity index (χ3n) is 3.13. The first-order chi connectivity index (χ1) is 8.71. The van der Waals surface area contributed by atoms with Gasteiger partial charge in [0, 0.05) is 6.42 Å². The van der Waals surface area contributed by atoms with E-state index in [1.54, 1.807) is 6.07 Å². The molecule has 2 aliphatic rings. The van der Waals surface area contributed by atoms with Gasteiger partial charge in [0.15, 0.2) is 0 Å². The first-order valence-corrected chi connectivity index (χ1v) is 5.33. The van der Waals surface area contributed by atoms with E-state index in [2.05, 4.69) is 44.5 Å². The molecule has 0 amide bonds. The smallest absolute Gasteiger partial charge is 0.999 e. The molecule has 1 aromatic carbocycles. The predicted octanol–water partition coefficient (Wildman–Crippen LogP) is 2.11. The number of carbonyl (C=O) groups is 1. The number of carbonyl (C=O) groups excluding carboxylic acids is 1. The number of ketones is 1. The van der Waals surface area contributed by atoms with Crippen LogP contribution < -0.4 is 0 Å². The second-order valence-corrected chi connectivity index (χ2v) is 4.20. The van der Waals surface area contributed by atoms with Crippen molar-refractivity contribution in [2.24, 2.45) is 11.3 Å². The average molecular weight is 296 g/mol. The SMILES string of the molecule is [C-]#[O+].[C-]#[O+].[CH2-]C12CCC(CC1=O)C2.[Fe+6].[c-]1[c-][c-][cH-][c-]1. The summed E-state index contributed by atoms with van der Waals surface area (Å²) in [5.41, 5.74) is -0.120. The van der Waals surface area contributed by atoms with Gasteiger partial charge in [0.05, 0.1) is 0 Å². The number of hydrogen-bond donors (Lipinski definition) is 0. The van der Waals surface area contributed by atoms with E-state index in [0.717, 1.165) is 19.3 Å². The molecular formula is C15H12FeO3. The van der Waals surface area contributed by atoms with Gasteiger partial charge in [-0.2, -0.15) is 0 Å². The van der Waals surface area contributed by atoms with Crippen molar-refractivity contribution in [2.75, 3.05) is 0 Å². The zero-order valence-electron chi connectivity index (χ0n) is 10.3. The van der Waals surface area contributed by atoms with Gasteiger partial charge >= 0.3 is 39.7 Å². The number of rotatable bonds is 0. The Bertz CT molecular complexity index is 357. The van der Waals surface area contributed by atoms with Gasteiger partial charge in [0.25, 0.3) is 0 Å². The summed E-state index contributed by atoms with van der Waals surface area (Å²) in [5.74, 6) is 1.12. The van der Waals surface area contributed by atoms with Crippen molar-refractivity contribution in [3.63, 3.8) is 0 Å². The number of fused-ring (bicyclic) bond motifs is 2. The summed E-state index contributed by atoms with van der Waals surface area (Å²) in [7, 11) is 0. The zero-order chi connectivity index (χ0) is 14.0.